The first-order valence-corrected chi connectivity index (χ1v) is 3.68. The number of carbonyl (C=O) groups is 1. The van der Waals surface area contributed by atoms with E-state index >= 15 is 0 Å². The summed E-state index contributed by atoms with van der Waals surface area (Å²) < 4.78 is 0. The zero-order valence-electron chi connectivity index (χ0n) is 8.50. The molecule has 0 spiro atoms. The van der Waals surface area contributed by atoms with Crippen LogP contribution in [0.1, 0.15) is 14.8 Å². The van der Waals surface area contributed by atoms with Crippen LogP contribution in [0.25, 0.3) is 0 Å². The summed E-state index contributed by atoms with van der Waals surface area (Å²) in [6.45, 7) is 1.83. The summed E-state index contributed by atoms with van der Waals surface area (Å²) in [5.41, 5.74) is 0.861. The molecule has 1 rings (SSSR count). The number of benzene rings is 1. The Bertz CT molecular complexity index is 241. The van der Waals surface area contributed by atoms with Gasteiger partial charge in [0.1, 0.15) is 0 Å². The fourth-order valence-electron chi connectivity index (χ4n) is 0.771. The number of anilines is 1. The topological polar surface area (TPSA) is 29.1 Å². The smallest absolute Gasteiger partial charge is 1.00 e. The molecule has 0 unspecified atom stereocenters. The minimum absolute atomic E-state index is 0. The van der Waals surface area contributed by atoms with Gasteiger partial charge < -0.3 is 6.74 Å². The molecular weight excluding hydrogens is 177 g/mol. The first-order chi connectivity index (χ1) is 5.33. The third kappa shape index (κ3) is 4.38. The van der Waals surface area contributed by atoms with Crippen molar-refractivity contribution < 1.29 is 57.6 Å². The standard InChI is InChI=1S/C9H11NO.K.H/c1-2-9(11)10-8-6-4-3-5-7-8;;/h3-7H,2H2,1H3,(H,10,11);;/q;+1;-1. The van der Waals surface area contributed by atoms with Crippen molar-refractivity contribution >= 4 is 11.6 Å². The van der Waals surface area contributed by atoms with Gasteiger partial charge in [0.25, 0.3) is 0 Å². The Morgan fingerprint density at radius 2 is 2.00 bits per heavy atom. The van der Waals surface area contributed by atoms with Crippen molar-refractivity contribution in [1.29, 1.82) is 0 Å². The van der Waals surface area contributed by atoms with Crippen molar-refractivity contribution in [1.82, 2.24) is 0 Å². The van der Waals surface area contributed by atoms with Gasteiger partial charge in [0, 0.05) is 12.1 Å². The Labute approximate surface area is 117 Å². The predicted octanol–water partition coefficient (Wildman–Crippen LogP) is -0.848. The molecule has 1 N–H and O–H groups in total. The van der Waals surface area contributed by atoms with Crippen LogP contribution < -0.4 is 56.7 Å². The maximum atomic E-state index is 10.9. The minimum Gasteiger partial charge on any atom is -1.00 e. The third-order valence-corrected chi connectivity index (χ3v) is 1.38. The molecule has 0 atom stereocenters. The molecule has 3 heteroatoms. The molecule has 1 aromatic carbocycles. The zero-order chi connectivity index (χ0) is 8.10. The van der Waals surface area contributed by atoms with Gasteiger partial charge in [0.2, 0.25) is 5.91 Å². The Balaban J connectivity index is 0. The molecule has 12 heavy (non-hydrogen) atoms. The molecule has 1 aromatic rings. The Kier molecular flexibility index (Phi) is 6.99. The molecule has 1 amide bonds. The van der Waals surface area contributed by atoms with Gasteiger partial charge in [-0.2, -0.15) is 0 Å². The van der Waals surface area contributed by atoms with Gasteiger partial charge in [-0.1, -0.05) is 25.1 Å². The summed E-state index contributed by atoms with van der Waals surface area (Å²) in [5.74, 6) is 0.0520. The molecule has 0 heterocycles. The zero-order valence-corrected chi connectivity index (χ0v) is 10.6. The minimum atomic E-state index is 0. The molecule has 0 aromatic heterocycles. The van der Waals surface area contributed by atoms with E-state index in [4.69, 9.17) is 0 Å². The van der Waals surface area contributed by atoms with Crippen LogP contribution >= 0.6 is 0 Å². The molecule has 0 aliphatic heterocycles. The maximum Gasteiger partial charge on any atom is 1.00 e. The van der Waals surface area contributed by atoms with Gasteiger partial charge >= 0.3 is 51.4 Å². The van der Waals surface area contributed by atoms with Crippen LogP contribution in [-0.2, 0) is 4.79 Å². The Morgan fingerprint density at radius 1 is 1.42 bits per heavy atom. The van der Waals surface area contributed by atoms with E-state index in [2.05, 4.69) is 5.32 Å². The summed E-state index contributed by atoms with van der Waals surface area (Å²) in [6, 6.07) is 9.44. The van der Waals surface area contributed by atoms with Gasteiger partial charge in [-0.25, -0.2) is 0 Å². The van der Waals surface area contributed by atoms with E-state index in [-0.39, 0.29) is 58.7 Å². The van der Waals surface area contributed by atoms with Crippen LogP contribution in [0.5, 0.6) is 0 Å². The predicted molar refractivity (Wildman–Crippen MR) is 46.5 cm³/mol. The number of hydrogen-bond donors (Lipinski definition) is 1. The number of nitrogens with one attached hydrogen (secondary N) is 1. The number of hydrogen-bond acceptors (Lipinski definition) is 1. The van der Waals surface area contributed by atoms with E-state index < -0.39 is 0 Å². The van der Waals surface area contributed by atoms with Crippen LogP contribution in [-0.4, -0.2) is 5.91 Å². The van der Waals surface area contributed by atoms with Gasteiger partial charge in [0.05, 0.1) is 0 Å². The summed E-state index contributed by atoms with van der Waals surface area (Å²) in [5, 5.41) is 2.75. The van der Waals surface area contributed by atoms with Crippen molar-refractivity contribution in [2.75, 3.05) is 5.32 Å². The largest absolute Gasteiger partial charge is 1.00 e. The summed E-state index contributed by atoms with van der Waals surface area (Å²) in [4.78, 5) is 10.9. The molecule has 0 aliphatic carbocycles. The first kappa shape index (κ1) is 12.3. The van der Waals surface area contributed by atoms with Crippen molar-refractivity contribution in [2.45, 2.75) is 13.3 Å². The Hall–Kier alpha value is 0.326. The van der Waals surface area contributed by atoms with Crippen LogP contribution in [0.15, 0.2) is 30.3 Å². The summed E-state index contributed by atoms with van der Waals surface area (Å²) >= 11 is 0. The van der Waals surface area contributed by atoms with E-state index in [1.54, 1.807) is 0 Å². The average molecular weight is 189 g/mol. The van der Waals surface area contributed by atoms with E-state index in [9.17, 15) is 4.79 Å². The monoisotopic (exact) mass is 189 g/mol. The molecule has 0 bridgehead atoms. The van der Waals surface area contributed by atoms with E-state index in [0.29, 0.717) is 6.42 Å². The Morgan fingerprint density at radius 3 is 2.50 bits per heavy atom. The third-order valence-electron chi connectivity index (χ3n) is 1.38. The SMILES string of the molecule is CCC(=O)Nc1ccccc1.[H-].[K+]. The van der Waals surface area contributed by atoms with Gasteiger partial charge in [-0.05, 0) is 12.1 Å². The number of carbonyl (C=O) groups excluding carboxylic acids is 1. The van der Waals surface area contributed by atoms with Crippen LogP contribution in [0.2, 0.25) is 0 Å². The fourth-order valence-corrected chi connectivity index (χ4v) is 0.771. The van der Waals surface area contributed by atoms with Crippen LogP contribution in [0, 0.1) is 0 Å². The van der Waals surface area contributed by atoms with Crippen LogP contribution in [0.3, 0.4) is 0 Å². The van der Waals surface area contributed by atoms with Gasteiger partial charge in [-0.3, -0.25) is 4.79 Å². The average Bonchev–Trinajstić information content (AvgIpc) is 2.06. The van der Waals surface area contributed by atoms with E-state index in [1.807, 2.05) is 37.3 Å². The van der Waals surface area contributed by atoms with Crippen molar-refractivity contribution in [2.24, 2.45) is 0 Å². The van der Waals surface area contributed by atoms with E-state index in [1.165, 1.54) is 0 Å². The second-order valence-electron chi connectivity index (χ2n) is 2.27. The summed E-state index contributed by atoms with van der Waals surface area (Å²) in [6.07, 6.45) is 0.523. The maximum absolute atomic E-state index is 10.9. The van der Waals surface area contributed by atoms with Gasteiger partial charge in [0.15, 0.2) is 0 Å². The molecule has 60 valence electrons. The summed E-state index contributed by atoms with van der Waals surface area (Å²) in [7, 11) is 0. The molecule has 0 fully saturated rings. The second kappa shape index (κ2) is 6.80. The molecule has 0 aliphatic rings. The van der Waals surface area contributed by atoms with Crippen molar-refractivity contribution in [3.63, 3.8) is 0 Å². The molecule has 0 saturated carbocycles. The van der Waals surface area contributed by atoms with E-state index in [0.717, 1.165) is 5.69 Å². The van der Waals surface area contributed by atoms with Crippen molar-refractivity contribution in [3.8, 4) is 0 Å². The number of rotatable bonds is 2. The molecular formula is C9H12KNO. The van der Waals surface area contributed by atoms with Crippen LogP contribution in [0.4, 0.5) is 5.69 Å². The van der Waals surface area contributed by atoms with Gasteiger partial charge in [-0.15, -0.1) is 0 Å². The fraction of sp³-hybridized carbons (Fsp3) is 0.222. The second-order valence-corrected chi connectivity index (χ2v) is 2.27. The first-order valence-electron chi connectivity index (χ1n) is 3.68. The molecule has 0 saturated heterocycles. The normalized spacial score (nSPS) is 8.42. The quantitative estimate of drug-likeness (QED) is 0.603. The molecule has 0 radical (unpaired) electrons. The number of para-hydroxylation sites is 1. The molecule has 2 nitrogen and oxygen atoms in total. The number of amides is 1. The van der Waals surface area contributed by atoms with Crippen molar-refractivity contribution in [3.05, 3.63) is 30.3 Å².